The van der Waals surface area contributed by atoms with Gasteiger partial charge in [-0.25, -0.2) is 4.39 Å². The summed E-state index contributed by atoms with van der Waals surface area (Å²) in [5.74, 6) is -1.09. The quantitative estimate of drug-likeness (QED) is 0.692. The van der Waals surface area contributed by atoms with Crippen molar-refractivity contribution in [3.63, 3.8) is 0 Å². The monoisotopic (exact) mass is 424 g/mol. The molecule has 0 fully saturated rings. The van der Waals surface area contributed by atoms with Crippen LogP contribution in [0.5, 0.6) is 0 Å². The summed E-state index contributed by atoms with van der Waals surface area (Å²) in [6.45, 7) is 5.66. The highest BCUT2D eigenvalue weighted by molar-refractivity contribution is 6.35. The Bertz CT molecular complexity index is 841. The molecule has 4 nitrogen and oxygen atoms in total. The number of amides is 2. The Hall–Kier alpha value is -2.11. The van der Waals surface area contributed by atoms with E-state index in [1.54, 1.807) is 51.1 Å². The molecule has 0 aliphatic carbocycles. The normalized spacial score (nSPS) is 12.0. The van der Waals surface area contributed by atoms with Gasteiger partial charge in [0, 0.05) is 29.1 Å². The lowest BCUT2D eigenvalue weighted by Crippen LogP contribution is -2.48. The molecule has 0 heterocycles. The molecule has 0 saturated heterocycles. The molecule has 2 rings (SSSR count). The third kappa shape index (κ3) is 5.94. The van der Waals surface area contributed by atoms with Crippen LogP contribution >= 0.6 is 23.2 Å². The van der Waals surface area contributed by atoms with E-state index in [0.29, 0.717) is 10.0 Å². The van der Waals surface area contributed by atoms with Crippen LogP contribution in [0.2, 0.25) is 10.0 Å². The number of hydrogen-bond acceptors (Lipinski definition) is 2. The second-order valence-corrected chi connectivity index (χ2v) is 7.72. The number of halogens is 3. The first-order valence-corrected chi connectivity index (χ1v) is 9.71. The highest BCUT2D eigenvalue weighted by atomic mass is 35.5. The van der Waals surface area contributed by atoms with Gasteiger partial charge in [0.2, 0.25) is 11.8 Å². The molecule has 0 aliphatic heterocycles. The van der Waals surface area contributed by atoms with Crippen LogP contribution < -0.4 is 5.32 Å². The maximum atomic E-state index is 13.2. The Balaban J connectivity index is 2.11. The highest BCUT2D eigenvalue weighted by Gasteiger charge is 2.27. The number of carbonyl (C=O) groups is 2. The Morgan fingerprint density at radius 3 is 2.29 bits per heavy atom. The predicted octanol–water partition coefficient (Wildman–Crippen LogP) is 4.82. The molecule has 2 aromatic carbocycles. The first-order valence-electron chi connectivity index (χ1n) is 8.95. The molecule has 0 spiro atoms. The number of nitrogens with one attached hydrogen (secondary N) is 1. The second kappa shape index (κ2) is 9.89. The lowest BCUT2D eigenvalue weighted by Gasteiger charge is -2.30. The van der Waals surface area contributed by atoms with Crippen LogP contribution in [0.1, 0.15) is 31.9 Å². The lowest BCUT2D eigenvalue weighted by atomic mass is 10.1. The molecule has 0 aromatic heterocycles. The molecule has 0 bridgehead atoms. The zero-order valence-electron chi connectivity index (χ0n) is 16.0. The molecule has 0 aliphatic rings. The maximum Gasteiger partial charge on any atom is 0.242 e. The van der Waals surface area contributed by atoms with Crippen molar-refractivity contribution in [3.8, 4) is 0 Å². The first kappa shape index (κ1) is 22.2. The van der Waals surface area contributed by atoms with Gasteiger partial charge < -0.3 is 10.2 Å². The number of carbonyl (C=O) groups excluding carboxylic acids is 2. The topological polar surface area (TPSA) is 49.4 Å². The van der Waals surface area contributed by atoms with Crippen LogP contribution in [0, 0.1) is 11.7 Å². The molecule has 2 aromatic rings. The smallest absolute Gasteiger partial charge is 0.242 e. The fourth-order valence-electron chi connectivity index (χ4n) is 2.66. The van der Waals surface area contributed by atoms with Crippen molar-refractivity contribution in [3.05, 3.63) is 69.5 Å². The van der Waals surface area contributed by atoms with Crippen molar-refractivity contribution in [2.45, 2.75) is 39.9 Å². The summed E-state index contributed by atoms with van der Waals surface area (Å²) < 4.78 is 13.2. The second-order valence-electron chi connectivity index (χ2n) is 6.88. The minimum Gasteiger partial charge on any atom is -0.350 e. The Morgan fingerprint density at radius 1 is 1.07 bits per heavy atom. The van der Waals surface area contributed by atoms with Crippen molar-refractivity contribution < 1.29 is 14.0 Å². The van der Waals surface area contributed by atoms with Gasteiger partial charge in [0.05, 0.1) is 0 Å². The third-order valence-electron chi connectivity index (χ3n) is 4.36. The van der Waals surface area contributed by atoms with Crippen molar-refractivity contribution in [1.82, 2.24) is 10.2 Å². The van der Waals surface area contributed by atoms with Gasteiger partial charge in [-0.2, -0.15) is 0 Å². The van der Waals surface area contributed by atoms with Crippen molar-refractivity contribution in [2.24, 2.45) is 5.92 Å². The summed E-state index contributed by atoms with van der Waals surface area (Å²) in [7, 11) is 0. The zero-order valence-corrected chi connectivity index (χ0v) is 17.5. The van der Waals surface area contributed by atoms with Gasteiger partial charge in [-0.05, 0) is 42.3 Å². The van der Waals surface area contributed by atoms with Gasteiger partial charge in [-0.3, -0.25) is 9.59 Å². The van der Waals surface area contributed by atoms with Crippen LogP contribution in [0.25, 0.3) is 0 Å². The van der Waals surface area contributed by atoms with Gasteiger partial charge in [-0.1, -0.05) is 55.2 Å². The molecule has 1 N–H and O–H groups in total. The minimum absolute atomic E-state index is 0.156. The molecule has 7 heteroatoms. The van der Waals surface area contributed by atoms with Gasteiger partial charge in [-0.15, -0.1) is 0 Å². The van der Waals surface area contributed by atoms with E-state index in [0.717, 1.165) is 11.1 Å². The SMILES string of the molecule is CC(C)C(=O)N(Cc1ccc(F)cc1)[C@@H](C)C(=O)NCc1ccc(Cl)cc1Cl. The largest absolute Gasteiger partial charge is 0.350 e. The van der Waals surface area contributed by atoms with Gasteiger partial charge in [0.25, 0.3) is 0 Å². The van der Waals surface area contributed by atoms with E-state index in [1.807, 2.05) is 0 Å². The highest BCUT2D eigenvalue weighted by Crippen LogP contribution is 2.21. The molecule has 28 heavy (non-hydrogen) atoms. The van der Waals surface area contributed by atoms with Crippen molar-refractivity contribution >= 4 is 35.0 Å². The maximum absolute atomic E-state index is 13.2. The summed E-state index contributed by atoms with van der Waals surface area (Å²) in [5.41, 5.74) is 1.47. The Morgan fingerprint density at radius 2 is 1.71 bits per heavy atom. The van der Waals surface area contributed by atoms with E-state index >= 15 is 0 Å². The van der Waals surface area contributed by atoms with Crippen molar-refractivity contribution in [2.75, 3.05) is 0 Å². The van der Waals surface area contributed by atoms with Gasteiger partial charge in [0.1, 0.15) is 11.9 Å². The van der Waals surface area contributed by atoms with Crippen LogP contribution in [-0.2, 0) is 22.7 Å². The molecule has 150 valence electrons. The molecule has 0 saturated carbocycles. The summed E-state index contributed by atoms with van der Waals surface area (Å²) in [6.07, 6.45) is 0. The number of rotatable bonds is 7. The van der Waals surface area contributed by atoms with Crippen LogP contribution in [-0.4, -0.2) is 22.8 Å². The Labute approximate surface area is 174 Å². The number of nitrogens with zero attached hydrogens (tertiary/aromatic N) is 1. The minimum atomic E-state index is -0.703. The molecular weight excluding hydrogens is 402 g/mol. The zero-order chi connectivity index (χ0) is 20.8. The fraction of sp³-hybridized carbons (Fsp3) is 0.333. The Kier molecular flexibility index (Phi) is 7.84. The van der Waals surface area contributed by atoms with E-state index in [2.05, 4.69) is 5.32 Å². The predicted molar refractivity (Wildman–Crippen MR) is 110 cm³/mol. The van der Waals surface area contributed by atoms with Crippen LogP contribution in [0.3, 0.4) is 0 Å². The summed E-state index contributed by atoms with van der Waals surface area (Å²) >= 11 is 12.0. The first-order chi connectivity index (χ1) is 13.2. The average Bonchev–Trinajstić information content (AvgIpc) is 2.65. The molecule has 0 unspecified atom stereocenters. The van der Waals surface area contributed by atoms with Crippen LogP contribution in [0.4, 0.5) is 4.39 Å². The van der Waals surface area contributed by atoms with E-state index in [-0.39, 0.29) is 36.6 Å². The third-order valence-corrected chi connectivity index (χ3v) is 4.95. The number of hydrogen-bond donors (Lipinski definition) is 1. The average molecular weight is 425 g/mol. The van der Waals surface area contributed by atoms with Gasteiger partial charge >= 0.3 is 0 Å². The van der Waals surface area contributed by atoms with Crippen molar-refractivity contribution in [1.29, 1.82) is 0 Å². The molecule has 2 amide bonds. The molecular formula is C21H23Cl2FN2O2. The van der Waals surface area contributed by atoms with Crippen LogP contribution in [0.15, 0.2) is 42.5 Å². The molecule has 1 atom stereocenters. The number of benzene rings is 2. The summed E-state index contributed by atoms with van der Waals surface area (Å²) in [5, 5.41) is 3.78. The summed E-state index contributed by atoms with van der Waals surface area (Å²) in [6, 6.07) is 10.2. The van der Waals surface area contributed by atoms with E-state index in [4.69, 9.17) is 23.2 Å². The molecule has 0 radical (unpaired) electrons. The van der Waals surface area contributed by atoms with E-state index in [1.165, 1.54) is 17.0 Å². The van der Waals surface area contributed by atoms with E-state index in [9.17, 15) is 14.0 Å². The standard InChI is InChI=1S/C21H23Cl2FN2O2/c1-13(2)21(28)26(12-15-4-8-18(24)9-5-15)14(3)20(27)25-11-16-6-7-17(22)10-19(16)23/h4-10,13-14H,11-12H2,1-3H3,(H,25,27)/t14-/m0/s1. The summed E-state index contributed by atoms with van der Waals surface area (Å²) in [4.78, 5) is 26.8. The van der Waals surface area contributed by atoms with E-state index < -0.39 is 6.04 Å². The lowest BCUT2D eigenvalue weighted by molar-refractivity contribution is -0.143. The van der Waals surface area contributed by atoms with Gasteiger partial charge in [0.15, 0.2) is 0 Å². The fourth-order valence-corrected chi connectivity index (χ4v) is 3.14.